The summed E-state index contributed by atoms with van der Waals surface area (Å²) in [7, 11) is 0. The number of hydrogen-bond acceptors (Lipinski definition) is 0. The molecular weight excluding hydrogens is 354 g/mol. The van der Waals surface area contributed by atoms with E-state index in [9.17, 15) is 0 Å². The molecule has 0 N–H and O–H groups in total. The minimum absolute atomic E-state index is 0.218. The van der Waals surface area contributed by atoms with Crippen molar-refractivity contribution in [2.45, 2.75) is 57.8 Å². The molecule has 3 heterocycles. The van der Waals surface area contributed by atoms with Crippen molar-refractivity contribution in [1.82, 2.24) is 0 Å². The van der Waals surface area contributed by atoms with E-state index in [1.54, 1.807) is 0 Å². The van der Waals surface area contributed by atoms with Crippen LogP contribution in [0.1, 0.15) is 74.9 Å². The van der Waals surface area contributed by atoms with E-state index < -0.39 is 6.42 Å². The summed E-state index contributed by atoms with van der Waals surface area (Å²) >= 11 is 0. The lowest BCUT2D eigenvalue weighted by atomic mass is 9.19. The topological polar surface area (TPSA) is 0 Å². The molecule has 2 heteroatoms. The Labute approximate surface area is 173 Å². The number of rotatable bonds is 0. The van der Waals surface area contributed by atoms with E-state index in [2.05, 4.69) is 96.1 Å². The standard InChI is InChI=1S/C27H27BF/c1-25(2)16-10-7-12-18-22(16)28(29)23-17(25)11-8-13-19(23)27(5,6)21-15-9-14-20(24(21)28)26(18,3)4/h7-15H,1-6H3/q-1. The van der Waals surface area contributed by atoms with Gasteiger partial charge in [-0.15, -0.1) is 0 Å². The van der Waals surface area contributed by atoms with E-state index in [1.165, 1.54) is 0 Å². The first kappa shape index (κ1) is 17.5. The highest BCUT2D eigenvalue weighted by atomic mass is 19.1. The third-order valence-corrected chi connectivity index (χ3v) is 8.55. The van der Waals surface area contributed by atoms with E-state index in [0.717, 1.165) is 49.8 Å². The normalized spacial score (nSPS) is 22.0. The van der Waals surface area contributed by atoms with Crippen molar-refractivity contribution < 1.29 is 4.32 Å². The van der Waals surface area contributed by atoms with Crippen molar-refractivity contribution in [3.05, 3.63) is 88.0 Å². The maximum atomic E-state index is 18.0. The molecule has 3 aromatic carbocycles. The van der Waals surface area contributed by atoms with Gasteiger partial charge in [-0.25, -0.2) is 0 Å². The van der Waals surface area contributed by atoms with Gasteiger partial charge in [0.25, 0.3) is 0 Å². The molecule has 3 aromatic rings. The summed E-state index contributed by atoms with van der Waals surface area (Å²) in [6, 6.07) is 19.4. The Morgan fingerprint density at radius 3 is 0.897 bits per heavy atom. The van der Waals surface area contributed by atoms with Crippen LogP contribution in [0.25, 0.3) is 0 Å². The molecule has 0 saturated heterocycles. The van der Waals surface area contributed by atoms with Gasteiger partial charge in [0.1, 0.15) is 0 Å². The molecule has 6 rings (SSSR count). The second-order valence-corrected chi connectivity index (χ2v) is 10.9. The Hall–Kier alpha value is -2.35. The second-order valence-electron chi connectivity index (χ2n) is 10.9. The van der Waals surface area contributed by atoms with Gasteiger partial charge < -0.3 is 4.32 Å². The van der Waals surface area contributed by atoms with Gasteiger partial charge in [0, 0.05) is 16.2 Å². The number of halogens is 1. The molecule has 0 nitrogen and oxygen atoms in total. The maximum Gasteiger partial charge on any atom is 0.235 e. The largest absolute Gasteiger partial charge is 0.498 e. The molecule has 0 aliphatic carbocycles. The fourth-order valence-corrected chi connectivity index (χ4v) is 7.12. The predicted molar refractivity (Wildman–Crippen MR) is 121 cm³/mol. The van der Waals surface area contributed by atoms with Crippen molar-refractivity contribution in [2.75, 3.05) is 0 Å². The molecule has 0 bridgehead atoms. The van der Waals surface area contributed by atoms with E-state index in [0.29, 0.717) is 0 Å². The van der Waals surface area contributed by atoms with Crippen molar-refractivity contribution in [3.63, 3.8) is 0 Å². The molecular formula is C27H27BF-. The zero-order valence-electron chi connectivity index (χ0n) is 18.2. The fourth-order valence-electron chi connectivity index (χ4n) is 7.12. The van der Waals surface area contributed by atoms with Gasteiger partial charge in [-0.3, -0.25) is 0 Å². The van der Waals surface area contributed by atoms with Crippen molar-refractivity contribution in [1.29, 1.82) is 0 Å². The Balaban J connectivity index is 1.95. The summed E-state index contributed by atoms with van der Waals surface area (Å²) in [5, 5.41) is 0. The average molecular weight is 381 g/mol. The van der Waals surface area contributed by atoms with Crippen LogP contribution in [-0.4, -0.2) is 6.42 Å². The van der Waals surface area contributed by atoms with Crippen LogP contribution in [0.4, 0.5) is 4.32 Å². The molecule has 0 saturated carbocycles. The van der Waals surface area contributed by atoms with Crippen LogP contribution >= 0.6 is 0 Å². The summed E-state index contributed by atoms with van der Waals surface area (Å²) in [5.74, 6) is 0. The summed E-state index contributed by atoms with van der Waals surface area (Å²) < 4.78 is 18.0. The van der Waals surface area contributed by atoms with E-state index >= 15 is 4.32 Å². The summed E-state index contributed by atoms with van der Waals surface area (Å²) in [6.07, 6.45) is -2.48. The Bertz CT molecular complexity index is 1020. The molecule has 3 aliphatic heterocycles. The highest BCUT2D eigenvalue weighted by Gasteiger charge is 2.55. The van der Waals surface area contributed by atoms with Crippen molar-refractivity contribution in [2.24, 2.45) is 0 Å². The van der Waals surface area contributed by atoms with Gasteiger partial charge >= 0.3 is 0 Å². The van der Waals surface area contributed by atoms with Crippen LogP contribution in [0, 0.1) is 0 Å². The minimum Gasteiger partial charge on any atom is -0.498 e. The average Bonchev–Trinajstić information content (AvgIpc) is 2.69. The first-order chi connectivity index (χ1) is 13.5. The van der Waals surface area contributed by atoms with Crippen molar-refractivity contribution in [3.8, 4) is 0 Å². The summed E-state index contributed by atoms with van der Waals surface area (Å²) in [5.41, 5.74) is 9.23. The van der Waals surface area contributed by atoms with Crippen LogP contribution in [0.2, 0.25) is 0 Å². The molecule has 3 aliphatic rings. The van der Waals surface area contributed by atoms with E-state index in [-0.39, 0.29) is 16.2 Å². The molecule has 29 heavy (non-hydrogen) atoms. The number of benzene rings is 3. The van der Waals surface area contributed by atoms with Crippen molar-refractivity contribution >= 4 is 22.8 Å². The van der Waals surface area contributed by atoms with Crippen LogP contribution in [-0.2, 0) is 16.2 Å². The minimum atomic E-state index is -2.48. The van der Waals surface area contributed by atoms with Crippen LogP contribution in [0.3, 0.4) is 0 Å². The Kier molecular flexibility index (Phi) is 2.83. The quantitative estimate of drug-likeness (QED) is 0.502. The van der Waals surface area contributed by atoms with Gasteiger partial charge in [-0.1, -0.05) is 130 Å². The second kappa shape index (κ2) is 4.69. The van der Waals surface area contributed by atoms with Gasteiger partial charge in [0.2, 0.25) is 6.42 Å². The van der Waals surface area contributed by atoms with E-state index in [1.807, 2.05) is 0 Å². The van der Waals surface area contributed by atoms with Gasteiger partial charge in [0.05, 0.1) is 0 Å². The zero-order chi connectivity index (χ0) is 20.6. The maximum absolute atomic E-state index is 18.0. The molecule has 0 spiro atoms. The Morgan fingerprint density at radius 1 is 0.483 bits per heavy atom. The number of hydrogen-bond donors (Lipinski definition) is 0. The predicted octanol–water partition coefficient (Wildman–Crippen LogP) is 4.54. The highest BCUT2D eigenvalue weighted by Crippen LogP contribution is 2.49. The van der Waals surface area contributed by atoms with Gasteiger partial charge in [0.15, 0.2) is 0 Å². The molecule has 0 aromatic heterocycles. The first-order valence-electron chi connectivity index (χ1n) is 10.8. The summed E-state index contributed by atoms with van der Waals surface area (Å²) in [6.45, 7) is 13.6. The zero-order valence-corrected chi connectivity index (χ0v) is 18.2. The Morgan fingerprint density at radius 2 is 0.690 bits per heavy atom. The van der Waals surface area contributed by atoms with Crippen LogP contribution in [0.5, 0.6) is 0 Å². The molecule has 0 unspecified atom stereocenters. The summed E-state index contributed by atoms with van der Waals surface area (Å²) in [4.78, 5) is 0. The van der Waals surface area contributed by atoms with Gasteiger partial charge in [-0.2, -0.15) is 16.4 Å². The fraction of sp³-hybridized carbons (Fsp3) is 0.333. The highest BCUT2D eigenvalue weighted by molar-refractivity contribution is 7.09. The third-order valence-electron chi connectivity index (χ3n) is 8.55. The SMILES string of the molecule is CC1(C)c2cccc3c2[B-]2(F)c4c1cccc4C(C)(C)c1cccc(c12)C3(C)C. The smallest absolute Gasteiger partial charge is 0.235 e. The third kappa shape index (κ3) is 1.64. The molecule has 146 valence electrons. The monoisotopic (exact) mass is 381 g/mol. The molecule has 0 amide bonds. The van der Waals surface area contributed by atoms with Crippen LogP contribution in [0.15, 0.2) is 54.6 Å². The van der Waals surface area contributed by atoms with Crippen LogP contribution < -0.4 is 16.4 Å². The lowest BCUT2D eigenvalue weighted by Crippen LogP contribution is -2.78. The van der Waals surface area contributed by atoms with Gasteiger partial charge in [-0.05, 0) is 0 Å². The molecule has 0 atom stereocenters. The first-order valence-corrected chi connectivity index (χ1v) is 10.8. The molecule has 0 fully saturated rings. The lowest BCUT2D eigenvalue weighted by Gasteiger charge is -2.61. The lowest BCUT2D eigenvalue weighted by molar-refractivity contribution is 0.586. The van der Waals surface area contributed by atoms with E-state index in [4.69, 9.17) is 0 Å². The molecule has 0 radical (unpaired) electrons.